The van der Waals surface area contributed by atoms with Crippen molar-refractivity contribution in [1.82, 2.24) is 9.97 Å². The van der Waals surface area contributed by atoms with E-state index in [2.05, 4.69) is 28.7 Å². The first-order valence-corrected chi connectivity index (χ1v) is 7.78. The second-order valence-corrected chi connectivity index (χ2v) is 6.02. The van der Waals surface area contributed by atoms with Crippen LogP contribution in [-0.4, -0.2) is 28.8 Å². The molecule has 1 aliphatic rings. The number of nitrogens with zero attached hydrogens (tertiary/aromatic N) is 3. The number of nitrogens with two attached hydrogens (primary N) is 1. The van der Waals surface area contributed by atoms with Gasteiger partial charge in [0.25, 0.3) is 0 Å². The number of nitrogen functional groups attached to an aromatic ring is 1. The van der Waals surface area contributed by atoms with Gasteiger partial charge in [0.1, 0.15) is 11.6 Å². The lowest BCUT2D eigenvalue weighted by molar-refractivity contribution is 0.567. The van der Waals surface area contributed by atoms with E-state index in [-0.39, 0.29) is 0 Å². The standard InChI is InChI=1S/C13H22N4S/c1-9(2)6-7-17(10-4-5-10)12-8-11(14)15-13(16-12)18-3/h8-10H,4-7H2,1-3H3,(H2,14,15,16). The van der Waals surface area contributed by atoms with Gasteiger partial charge in [-0.1, -0.05) is 25.6 Å². The molecule has 2 rings (SSSR count). The molecule has 0 amide bonds. The van der Waals surface area contributed by atoms with Gasteiger partial charge in [0.15, 0.2) is 5.16 Å². The number of hydrogen-bond acceptors (Lipinski definition) is 5. The van der Waals surface area contributed by atoms with E-state index >= 15 is 0 Å². The molecule has 0 radical (unpaired) electrons. The molecule has 2 N–H and O–H groups in total. The van der Waals surface area contributed by atoms with Crippen molar-refractivity contribution in [2.45, 2.75) is 44.3 Å². The Morgan fingerprint density at radius 2 is 2.17 bits per heavy atom. The molecule has 100 valence electrons. The number of hydrogen-bond donors (Lipinski definition) is 1. The van der Waals surface area contributed by atoms with Gasteiger partial charge in [0.2, 0.25) is 0 Å². The number of anilines is 2. The zero-order valence-corrected chi connectivity index (χ0v) is 12.2. The Morgan fingerprint density at radius 3 is 2.72 bits per heavy atom. The highest BCUT2D eigenvalue weighted by Gasteiger charge is 2.30. The van der Waals surface area contributed by atoms with Crippen molar-refractivity contribution in [1.29, 1.82) is 0 Å². The Labute approximate surface area is 113 Å². The molecule has 1 fully saturated rings. The lowest BCUT2D eigenvalue weighted by atomic mass is 10.1. The second-order valence-electron chi connectivity index (χ2n) is 5.24. The van der Waals surface area contributed by atoms with Crippen molar-refractivity contribution in [3.05, 3.63) is 6.07 Å². The molecule has 1 saturated carbocycles. The zero-order chi connectivity index (χ0) is 13.1. The highest BCUT2D eigenvalue weighted by molar-refractivity contribution is 7.98. The molecule has 0 bridgehead atoms. The van der Waals surface area contributed by atoms with Crippen LogP contribution in [0.1, 0.15) is 33.1 Å². The van der Waals surface area contributed by atoms with Crippen LogP contribution >= 0.6 is 11.8 Å². The van der Waals surface area contributed by atoms with Gasteiger partial charge in [0, 0.05) is 18.7 Å². The molecule has 18 heavy (non-hydrogen) atoms. The highest BCUT2D eigenvalue weighted by atomic mass is 32.2. The molecule has 1 aliphatic carbocycles. The lowest BCUT2D eigenvalue weighted by Gasteiger charge is -2.24. The normalized spacial score (nSPS) is 15.1. The van der Waals surface area contributed by atoms with E-state index in [9.17, 15) is 0 Å². The van der Waals surface area contributed by atoms with Crippen LogP contribution in [0.2, 0.25) is 0 Å². The molecule has 5 heteroatoms. The fraction of sp³-hybridized carbons (Fsp3) is 0.692. The molecule has 0 aromatic carbocycles. The quantitative estimate of drug-likeness (QED) is 0.634. The van der Waals surface area contributed by atoms with Gasteiger partial charge >= 0.3 is 0 Å². The Morgan fingerprint density at radius 1 is 1.44 bits per heavy atom. The molecular formula is C13H22N4S. The molecule has 0 saturated heterocycles. The molecule has 1 aromatic rings. The maximum absolute atomic E-state index is 5.86. The fourth-order valence-electron chi connectivity index (χ4n) is 1.94. The smallest absolute Gasteiger partial charge is 0.191 e. The predicted octanol–water partition coefficient (Wildman–Crippen LogP) is 2.80. The maximum atomic E-state index is 5.86. The van der Waals surface area contributed by atoms with E-state index in [1.807, 2.05) is 12.3 Å². The average Bonchev–Trinajstić information content (AvgIpc) is 3.12. The molecule has 0 aliphatic heterocycles. The van der Waals surface area contributed by atoms with E-state index in [0.717, 1.165) is 17.5 Å². The molecule has 0 spiro atoms. The van der Waals surface area contributed by atoms with Gasteiger partial charge in [0.05, 0.1) is 0 Å². The first-order chi connectivity index (χ1) is 8.60. The Hall–Kier alpha value is -0.970. The lowest BCUT2D eigenvalue weighted by Crippen LogP contribution is -2.29. The van der Waals surface area contributed by atoms with Crippen molar-refractivity contribution >= 4 is 23.4 Å². The van der Waals surface area contributed by atoms with Crippen LogP contribution in [-0.2, 0) is 0 Å². The van der Waals surface area contributed by atoms with Crippen LogP contribution < -0.4 is 10.6 Å². The molecule has 4 nitrogen and oxygen atoms in total. The predicted molar refractivity (Wildman–Crippen MR) is 78.0 cm³/mol. The van der Waals surface area contributed by atoms with E-state index in [1.165, 1.54) is 19.3 Å². The summed E-state index contributed by atoms with van der Waals surface area (Å²) in [6.45, 7) is 5.58. The minimum absolute atomic E-state index is 0.569. The summed E-state index contributed by atoms with van der Waals surface area (Å²) in [6.07, 6.45) is 5.72. The molecule has 0 atom stereocenters. The number of thioether (sulfide) groups is 1. The Balaban J connectivity index is 2.16. The van der Waals surface area contributed by atoms with Crippen LogP contribution in [0.15, 0.2) is 11.2 Å². The summed E-state index contributed by atoms with van der Waals surface area (Å²) < 4.78 is 0. The third-order valence-corrected chi connectivity index (χ3v) is 3.67. The van der Waals surface area contributed by atoms with Gasteiger partial charge in [-0.3, -0.25) is 0 Å². The SMILES string of the molecule is CSc1nc(N)cc(N(CCC(C)C)C2CC2)n1. The Kier molecular flexibility index (Phi) is 4.32. The monoisotopic (exact) mass is 266 g/mol. The fourth-order valence-corrected chi connectivity index (χ4v) is 2.32. The maximum Gasteiger partial charge on any atom is 0.191 e. The van der Waals surface area contributed by atoms with Crippen LogP contribution in [0, 0.1) is 5.92 Å². The zero-order valence-electron chi connectivity index (χ0n) is 11.4. The summed E-state index contributed by atoms with van der Waals surface area (Å²) in [5.74, 6) is 2.28. The van der Waals surface area contributed by atoms with Gasteiger partial charge < -0.3 is 10.6 Å². The first-order valence-electron chi connectivity index (χ1n) is 6.55. The first kappa shape index (κ1) is 13.5. The highest BCUT2D eigenvalue weighted by Crippen LogP contribution is 2.32. The topological polar surface area (TPSA) is 55.0 Å². The summed E-state index contributed by atoms with van der Waals surface area (Å²) in [6, 6.07) is 2.56. The van der Waals surface area contributed by atoms with E-state index in [4.69, 9.17) is 5.73 Å². The summed E-state index contributed by atoms with van der Waals surface area (Å²) in [5.41, 5.74) is 5.86. The van der Waals surface area contributed by atoms with Crippen LogP contribution in [0.4, 0.5) is 11.6 Å². The van der Waals surface area contributed by atoms with E-state index in [1.54, 1.807) is 11.8 Å². The van der Waals surface area contributed by atoms with Gasteiger partial charge in [-0.15, -0.1) is 0 Å². The summed E-state index contributed by atoms with van der Waals surface area (Å²) >= 11 is 1.54. The van der Waals surface area contributed by atoms with Gasteiger partial charge in [-0.25, -0.2) is 9.97 Å². The number of rotatable bonds is 6. The molecule has 1 heterocycles. The van der Waals surface area contributed by atoms with Gasteiger partial charge in [-0.2, -0.15) is 0 Å². The van der Waals surface area contributed by atoms with Crippen molar-refractivity contribution in [2.24, 2.45) is 5.92 Å². The van der Waals surface area contributed by atoms with Crippen molar-refractivity contribution in [3.63, 3.8) is 0 Å². The van der Waals surface area contributed by atoms with Gasteiger partial charge in [-0.05, 0) is 31.4 Å². The van der Waals surface area contributed by atoms with Crippen molar-refractivity contribution in [2.75, 3.05) is 23.4 Å². The summed E-state index contributed by atoms with van der Waals surface area (Å²) in [4.78, 5) is 11.2. The minimum atomic E-state index is 0.569. The molecule has 0 unspecified atom stereocenters. The Bertz CT molecular complexity index is 404. The molecular weight excluding hydrogens is 244 g/mol. The third-order valence-electron chi connectivity index (χ3n) is 3.12. The minimum Gasteiger partial charge on any atom is -0.383 e. The average molecular weight is 266 g/mol. The third kappa shape index (κ3) is 3.51. The van der Waals surface area contributed by atoms with E-state index in [0.29, 0.717) is 17.8 Å². The second kappa shape index (κ2) is 5.78. The van der Waals surface area contributed by atoms with Crippen molar-refractivity contribution in [3.8, 4) is 0 Å². The summed E-state index contributed by atoms with van der Waals surface area (Å²) in [5, 5.41) is 0.764. The largest absolute Gasteiger partial charge is 0.383 e. The van der Waals surface area contributed by atoms with Crippen LogP contribution in [0.5, 0.6) is 0 Å². The molecule has 1 aromatic heterocycles. The van der Waals surface area contributed by atoms with Crippen molar-refractivity contribution < 1.29 is 0 Å². The summed E-state index contributed by atoms with van der Waals surface area (Å²) in [7, 11) is 0. The number of aromatic nitrogens is 2. The van der Waals surface area contributed by atoms with Crippen LogP contribution in [0.25, 0.3) is 0 Å². The van der Waals surface area contributed by atoms with Crippen LogP contribution in [0.3, 0.4) is 0 Å². The van der Waals surface area contributed by atoms with E-state index < -0.39 is 0 Å².